The van der Waals surface area contributed by atoms with Crippen molar-refractivity contribution in [1.82, 2.24) is 20.2 Å². The Kier molecular flexibility index (Phi) is 3.78. The van der Waals surface area contributed by atoms with Gasteiger partial charge in [-0.2, -0.15) is 0 Å². The lowest BCUT2D eigenvalue weighted by atomic mass is 10.2. The average Bonchev–Trinajstić information content (AvgIpc) is 2.99. The summed E-state index contributed by atoms with van der Waals surface area (Å²) in [7, 11) is 0. The fourth-order valence-corrected chi connectivity index (χ4v) is 2.31. The van der Waals surface area contributed by atoms with Gasteiger partial charge in [-0.15, -0.1) is 10.2 Å². The number of fused-ring (bicyclic) bond motifs is 1. The third-order valence-corrected chi connectivity index (χ3v) is 3.39. The van der Waals surface area contributed by atoms with E-state index in [1.54, 1.807) is 6.33 Å². The lowest BCUT2D eigenvalue weighted by molar-refractivity contribution is 0.836. The number of aryl methyl sites for hydroxylation is 1. The van der Waals surface area contributed by atoms with Crippen LogP contribution in [0.5, 0.6) is 0 Å². The highest BCUT2D eigenvalue weighted by Crippen LogP contribution is 2.25. The van der Waals surface area contributed by atoms with Crippen LogP contribution in [0.1, 0.15) is 12.1 Å². The SMILES string of the molecule is Clc1nnc(NCCCc2cnc[nH]2)c2ccccc12. The number of hydrogen-bond acceptors (Lipinski definition) is 4. The van der Waals surface area contributed by atoms with E-state index in [1.165, 1.54) is 0 Å². The first-order valence-corrected chi connectivity index (χ1v) is 6.84. The van der Waals surface area contributed by atoms with E-state index in [2.05, 4.69) is 25.5 Å². The minimum atomic E-state index is 0.434. The maximum atomic E-state index is 6.05. The van der Waals surface area contributed by atoms with Crippen LogP contribution in [-0.2, 0) is 6.42 Å². The molecule has 0 radical (unpaired) electrons. The van der Waals surface area contributed by atoms with Gasteiger partial charge in [0, 0.05) is 29.2 Å². The molecule has 3 aromatic rings. The third kappa shape index (κ3) is 2.72. The molecule has 0 aliphatic heterocycles. The molecule has 20 heavy (non-hydrogen) atoms. The van der Waals surface area contributed by atoms with E-state index in [9.17, 15) is 0 Å². The predicted octanol–water partition coefficient (Wildman–Crippen LogP) is 3.05. The monoisotopic (exact) mass is 287 g/mol. The van der Waals surface area contributed by atoms with Crippen LogP contribution >= 0.6 is 11.6 Å². The molecule has 2 aromatic heterocycles. The molecule has 2 heterocycles. The fourth-order valence-electron chi connectivity index (χ4n) is 2.11. The van der Waals surface area contributed by atoms with Crippen LogP contribution in [0.2, 0.25) is 5.15 Å². The Morgan fingerprint density at radius 3 is 2.80 bits per heavy atom. The molecule has 0 saturated heterocycles. The van der Waals surface area contributed by atoms with Crippen LogP contribution < -0.4 is 5.32 Å². The zero-order valence-corrected chi connectivity index (χ0v) is 11.6. The van der Waals surface area contributed by atoms with Crippen molar-refractivity contribution in [2.45, 2.75) is 12.8 Å². The number of aromatic amines is 1. The fraction of sp³-hybridized carbons (Fsp3) is 0.214. The number of hydrogen-bond donors (Lipinski definition) is 2. The molecule has 3 rings (SSSR count). The molecule has 6 heteroatoms. The van der Waals surface area contributed by atoms with E-state index in [0.717, 1.165) is 41.7 Å². The van der Waals surface area contributed by atoms with Crippen LogP contribution in [0.3, 0.4) is 0 Å². The summed E-state index contributed by atoms with van der Waals surface area (Å²) < 4.78 is 0. The Bertz CT molecular complexity index is 696. The van der Waals surface area contributed by atoms with E-state index in [4.69, 9.17) is 11.6 Å². The summed E-state index contributed by atoms with van der Waals surface area (Å²) in [5, 5.41) is 13.8. The largest absolute Gasteiger partial charge is 0.368 e. The van der Waals surface area contributed by atoms with Gasteiger partial charge in [0.05, 0.1) is 6.33 Å². The van der Waals surface area contributed by atoms with Gasteiger partial charge in [-0.3, -0.25) is 0 Å². The molecular weight excluding hydrogens is 274 g/mol. The molecule has 5 nitrogen and oxygen atoms in total. The molecule has 0 aliphatic rings. The lowest BCUT2D eigenvalue weighted by Gasteiger charge is -2.08. The molecule has 0 saturated carbocycles. The van der Waals surface area contributed by atoms with Crippen molar-refractivity contribution in [2.24, 2.45) is 0 Å². The van der Waals surface area contributed by atoms with Gasteiger partial charge in [-0.05, 0) is 12.8 Å². The van der Waals surface area contributed by atoms with Gasteiger partial charge < -0.3 is 10.3 Å². The summed E-state index contributed by atoms with van der Waals surface area (Å²) in [5.41, 5.74) is 1.14. The lowest BCUT2D eigenvalue weighted by Crippen LogP contribution is -2.06. The van der Waals surface area contributed by atoms with Gasteiger partial charge in [0.25, 0.3) is 0 Å². The second-order valence-electron chi connectivity index (χ2n) is 4.49. The molecule has 0 aliphatic carbocycles. The number of benzene rings is 1. The summed E-state index contributed by atoms with van der Waals surface area (Å²) in [6, 6.07) is 7.85. The molecule has 0 spiro atoms. The van der Waals surface area contributed by atoms with Gasteiger partial charge in [-0.1, -0.05) is 35.9 Å². The first-order valence-electron chi connectivity index (χ1n) is 6.46. The van der Waals surface area contributed by atoms with Crippen LogP contribution in [0.4, 0.5) is 5.82 Å². The predicted molar refractivity (Wildman–Crippen MR) is 79.9 cm³/mol. The second kappa shape index (κ2) is 5.88. The van der Waals surface area contributed by atoms with E-state index < -0.39 is 0 Å². The van der Waals surface area contributed by atoms with Crippen molar-refractivity contribution in [3.8, 4) is 0 Å². The van der Waals surface area contributed by atoms with E-state index in [0.29, 0.717) is 5.15 Å². The van der Waals surface area contributed by atoms with Crippen molar-refractivity contribution in [2.75, 3.05) is 11.9 Å². The average molecular weight is 288 g/mol. The number of rotatable bonds is 5. The third-order valence-electron chi connectivity index (χ3n) is 3.11. The maximum Gasteiger partial charge on any atom is 0.159 e. The number of anilines is 1. The van der Waals surface area contributed by atoms with Crippen molar-refractivity contribution < 1.29 is 0 Å². The molecule has 0 bridgehead atoms. The standard InChI is InChI=1S/C14H14ClN5/c15-13-11-5-1-2-6-12(11)14(20-19-13)17-7-3-4-10-8-16-9-18-10/h1-2,5-6,8-9H,3-4,7H2,(H,16,18)(H,17,20). The van der Waals surface area contributed by atoms with Gasteiger partial charge in [-0.25, -0.2) is 4.98 Å². The number of nitrogens with one attached hydrogen (secondary N) is 2. The van der Waals surface area contributed by atoms with Gasteiger partial charge >= 0.3 is 0 Å². The Morgan fingerprint density at radius 2 is 2.00 bits per heavy atom. The first-order chi connectivity index (χ1) is 9.84. The van der Waals surface area contributed by atoms with E-state index in [1.807, 2.05) is 30.5 Å². The highest BCUT2D eigenvalue weighted by molar-refractivity contribution is 6.34. The van der Waals surface area contributed by atoms with Crippen molar-refractivity contribution in [3.05, 3.63) is 47.6 Å². The second-order valence-corrected chi connectivity index (χ2v) is 4.85. The highest BCUT2D eigenvalue weighted by atomic mass is 35.5. The maximum absolute atomic E-state index is 6.05. The molecular formula is C14H14ClN5. The van der Waals surface area contributed by atoms with Crippen molar-refractivity contribution >= 4 is 28.2 Å². The Hall–Kier alpha value is -2.14. The summed E-state index contributed by atoms with van der Waals surface area (Å²) >= 11 is 6.05. The summed E-state index contributed by atoms with van der Waals surface area (Å²) in [6.45, 7) is 0.819. The van der Waals surface area contributed by atoms with Crippen LogP contribution in [-0.4, -0.2) is 26.7 Å². The van der Waals surface area contributed by atoms with Crippen molar-refractivity contribution in [1.29, 1.82) is 0 Å². The van der Waals surface area contributed by atoms with Gasteiger partial charge in [0.2, 0.25) is 0 Å². The smallest absolute Gasteiger partial charge is 0.159 e. The van der Waals surface area contributed by atoms with E-state index >= 15 is 0 Å². The normalized spacial score (nSPS) is 10.8. The van der Waals surface area contributed by atoms with Crippen LogP contribution in [0, 0.1) is 0 Å². The van der Waals surface area contributed by atoms with Crippen LogP contribution in [0.25, 0.3) is 10.8 Å². The summed E-state index contributed by atoms with van der Waals surface area (Å²) in [5.74, 6) is 0.773. The Morgan fingerprint density at radius 1 is 1.15 bits per heavy atom. The van der Waals surface area contributed by atoms with Gasteiger partial charge in [0.15, 0.2) is 11.0 Å². The van der Waals surface area contributed by atoms with Gasteiger partial charge in [0.1, 0.15) is 0 Å². The molecule has 0 unspecified atom stereocenters. The quantitative estimate of drug-likeness (QED) is 0.708. The number of aromatic nitrogens is 4. The molecule has 2 N–H and O–H groups in total. The minimum absolute atomic E-state index is 0.434. The highest BCUT2D eigenvalue weighted by Gasteiger charge is 2.06. The topological polar surface area (TPSA) is 66.5 Å². The number of halogens is 1. The van der Waals surface area contributed by atoms with Crippen LogP contribution in [0.15, 0.2) is 36.8 Å². The first kappa shape index (κ1) is 12.9. The zero-order valence-electron chi connectivity index (χ0n) is 10.8. The molecule has 0 fully saturated rings. The Balaban J connectivity index is 1.67. The van der Waals surface area contributed by atoms with E-state index in [-0.39, 0.29) is 0 Å². The molecule has 1 aromatic carbocycles. The number of imidazole rings is 1. The molecule has 102 valence electrons. The Labute approximate surface area is 121 Å². The number of H-pyrrole nitrogens is 1. The molecule has 0 amide bonds. The number of nitrogens with zero attached hydrogens (tertiary/aromatic N) is 3. The zero-order chi connectivity index (χ0) is 13.8. The molecule has 0 atom stereocenters. The summed E-state index contributed by atoms with van der Waals surface area (Å²) in [6.07, 6.45) is 5.48. The van der Waals surface area contributed by atoms with Crippen molar-refractivity contribution in [3.63, 3.8) is 0 Å². The minimum Gasteiger partial charge on any atom is -0.368 e. The summed E-state index contributed by atoms with van der Waals surface area (Å²) in [4.78, 5) is 7.09.